The molecule has 0 fully saturated rings. The summed E-state index contributed by atoms with van der Waals surface area (Å²) in [6.45, 7) is 9.47. The Morgan fingerprint density at radius 1 is 0.486 bits per heavy atom. The van der Waals surface area contributed by atoms with Crippen LogP contribution in [0.5, 0.6) is 0 Å². The van der Waals surface area contributed by atoms with Crippen molar-refractivity contribution in [2.75, 3.05) is 24.0 Å². The first-order chi connectivity index (χ1) is 32.2. The zero-order chi connectivity index (χ0) is 51.0. The van der Waals surface area contributed by atoms with Crippen LogP contribution in [0.2, 0.25) is 20.1 Å². The zero-order valence-corrected chi connectivity index (χ0v) is 48.8. The Hall–Kier alpha value is -5.39. The predicted molar refractivity (Wildman–Crippen MR) is 297 cm³/mol. The molecule has 0 saturated carbocycles. The third kappa shape index (κ3) is 38.3. The van der Waals surface area contributed by atoms with Gasteiger partial charge in [-0.1, -0.05) is 60.3 Å². The number of nitrogens with zero attached hydrogens (tertiary/aromatic N) is 10. The van der Waals surface area contributed by atoms with E-state index in [4.69, 9.17) is 92.3 Å². The molecule has 382 valence electrons. The number of halogens is 6. The maximum absolute atomic E-state index is 9.28. The van der Waals surface area contributed by atoms with Crippen molar-refractivity contribution in [3.63, 3.8) is 0 Å². The van der Waals surface area contributed by atoms with Crippen LogP contribution < -0.4 is 56.5 Å². The molecule has 0 aliphatic heterocycles. The summed E-state index contributed by atoms with van der Waals surface area (Å²) in [4.78, 5) is 50.0. The molecule has 0 aromatic heterocycles. The molecule has 2 radical (unpaired) electrons. The molecular weight excluding hydrogens is 1210 g/mol. The summed E-state index contributed by atoms with van der Waals surface area (Å²) in [5.74, 6) is -0.461. The summed E-state index contributed by atoms with van der Waals surface area (Å²) < 4.78 is 0. The second-order valence-electron chi connectivity index (χ2n) is 12.5. The van der Waals surface area contributed by atoms with Crippen molar-refractivity contribution in [1.29, 1.82) is 0 Å². The number of benzene rings is 4. The van der Waals surface area contributed by atoms with E-state index in [1.807, 2.05) is 0 Å². The van der Waals surface area contributed by atoms with E-state index in [2.05, 4.69) is 74.4 Å². The van der Waals surface area contributed by atoms with Crippen molar-refractivity contribution < 1.29 is 75.0 Å². The van der Waals surface area contributed by atoms with E-state index in [0.29, 0.717) is 54.0 Å². The molecule has 0 bridgehead atoms. The number of carbonyl (C=O) groups excluding carboxylic acids is 2. The third-order valence-electron chi connectivity index (χ3n) is 6.58. The Morgan fingerprint density at radius 3 is 0.986 bits per heavy atom. The molecule has 0 heterocycles. The number of allylic oxidation sites excluding steroid dienone is 2. The molecule has 22 nitrogen and oxygen atoms in total. The topological polar surface area (TPSA) is 393 Å². The number of aliphatic imine (C=N–C) groups is 8. The Labute approximate surface area is 500 Å². The zero-order valence-electron chi connectivity index (χ0n) is 38.5. The van der Waals surface area contributed by atoms with Crippen molar-refractivity contribution in [2.45, 2.75) is 13.8 Å². The number of hydrogen-bond acceptors (Lipinski definition) is 6. The van der Waals surface area contributed by atoms with Crippen LogP contribution in [0.25, 0.3) is 10.6 Å². The quantitative estimate of drug-likeness (QED) is 0.0338. The van der Waals surface area contributed by atoms with Gasteiger partial charge in [-0.15, -0.1) is 24.8 Å². The van der Waals surface area contributed by atoms with E-state index in [9.17, 15) is 9.59 Å². The molecule has 0 aliphatic carbocycles. The molecule has 4 aromatic carbocycles. The number of rotatable bonds is 10. The molecule has 0 amide bonds. The second kappa shape index (κ2) is 42.1. The average Bonchev–Trinajstić information content (AvgIpc) is 3.27. The molecule has 72 heavy (non-hydrogen) atoms. The van der Waals surface area contributed by atoms with Gasteiger partial charge in [0.1, 0.15) is 11.9 Å². The SMILES string of the molecule is C=C(C)[C-]=O.C=C(C)[C-]=O.Cl.Cl.NC(=NC[N-]C(N)=NC(N)=Nc1ccc(Cl)cc1)N=C(N)Nc1ccc(Cl)cc1.NC(=NC[N-]C(N)=NC(N)=Nc1ccc(Cl)cc1)N=C(N)Nc1ccc(Cl)cc1.[Y].[Y]. The molecule has 0 spiro atoms. The summed E-state index contributed by atoms with van der Waals surface area (Å²) in [7, 11) is 0. The molecule has 4 aromatic rings. The number of anilines is 2. The maximum Gasteiger partial charge on any atom is 0.219 e. The first kappa shape index (κ1) is 73.1. The number of nitrogens with two attached hydrogens (primary N) is 8. The molecule has 30 heteroatoms. The minimum absolute atomic E-state index is 0. The van der Waals surface area contributed by atoms with Gasteiger partial charge in [0.2, 0.25) is 23.8 Å². The first-order valence-corrected chi connectivity index (χ1v) is 20.3. The van der Waals surface area contributed by atoms with Gasteiger partial charge in [-0.2, -0.15) is 21.1 Å². The van der Waals surface area contributed by atoms with Gasteiger partial charge in [0.15, 0.2) is 0 Å². The number of guanidine groups is 8. The molecule has 0 saturated heterocycles. The summed E-state index contributed by atoms with van der Waals surface area (Å²) in [6.07, 6.45) is 3.17. The van der Waals surface area contributed by atoms with Crippen LogP contribution in [0.1, 0.15) is 13.8 Å². The van der Waals surface area contributed by atoms with Gasteiger partial charge < -0.3 is 86.7 Å². The van der Waals surface area contributed by atoms with Gasteiger partial charge in [0, 0.05) is 109 Å². The molecule has 4 rings (SSSR count). The van der Waals surface area contributed by atoms with Crippen LogP contribution in [-0.2, 0) is 75.0 Å². The van der Waals surface area contributed by atoms with Crippen molar-refractivity contribution in [1.82, 2.24) is 0 Å². The van der Waals surface area contributed by atoms with E-state index >= 15 is 0 Å². The molecule has 0 unspecified atom stereocenters. The van der Waals surface area contributed by atoms with Gasteiger partial charge in [0.25, 0.3) is 0 Å². The summed E-state index contributed by atoms with van der Waals surface area (Å²) >= 11 is 23.2. The van der Waals surface area contributed by atoms with Gasteiger partial charge in [-0.25, -0.2) is 33.1 Å². The van der Waals surface area contributed by atoms with Crippen LogP contribution in [0.3, 0.4) is 0 Å². The van der Waals surface area contributed by atoms with Gasteiger partial charge in [0.05, 0.1) is 24.7 Å². The Kier molecular flexibility index (Phi) is 42.8. The fourth-order valence-corrected chi connectivity index (χ4v) is 4.25. The van der Waals surface area contributed by atoms with E-state index < -0.39 is 0 Å². The maximum atomic E-state index is 9.28. The third-order valence-corrected chi connectivity index (χ3v) is 7.59. The van der Waals surface area contributed by atoms with Crippen LogP contribution >= 0.6 is 71.2 Å². The van der Waals surface area contributed by atoms with E-state index in [-0.39, 0.29) is 151 Å². The minimum atomic E-state index is -0.118. The van der Waals surface area contributed by atoms with Gasteiger partial charge in [-0.05, 0) is 110 Å². The Bertz CT molecular complexity index is 2350. The van der Waals surface area contributed by atoms with E-state index in [1.165, 1.54) is 0 Å². The molecular formula is C42H50Cl6N20O2Y2-4. The first-order valence-electron chi connectivity index (χ1n) is 18.8. The normalized spacial score (nSPS) is 11.6. The smallest absolute Gasteiger partial charge is 0.219 e. The standard InChI is InChI=1S/2C17H19Cl2N10.2C4H5O.2ClH.2Y/c2*18-10-1-5-12(6-2-10)26-16(22)28-14(20)24-9-25-15(21)29-17(23)27-13-7-3-11(19)4-8-13;2*1-4(2)3-5;;;;/h2*1-8H,9H2,(H9-,20,21,22,23,24,25,26,27,28,29);2*1H2,2H3;2*1H;;/q4*-1;;;;. The van der Waals surface area contributed by atoms with Crippen molar-refractivity contribution in [3.05, 3.63) is 152 Å². The predicted octanol–water partition coefficient (Wildman–Crippen LogP) is 6.84. The van der Waals surface area contributed by atoms with Gasteiger partial charge >= 0.3 is 0 Å². The van der Waals surface area contributed by atoms with E-state index in [1.54, 1.807) is 123 Å². The van der Waals surface area contributed by atoms with Crippen LogP contribution in [0.15, 0.2) is 161 Å². The minimum Gasteiger partial charge on any atom is -0.453 e. The van der Waals surface area contributed by atoms with Crippen molar-refractivity contribution >= 4 is 154 Å². The van der Waals surface area contributed by atoms with Crippen LogP contribution in [-0.4, -0.2) is 73.6 Å². The van der Waals surface area contributed by atoms with E-state index in [0.717, 1.165) is 0 Å². The van der Waals surface area contributed by atoms with Crippen molar-refractivity contribution in [2.24, 2.45) is 85.8 Å². The fraction of sp³-hybridized carbons (Fsp3) is 0.0952. The summed E-state index contributed by atoms with van der Waals surface area (Å²) in [5.41, 5.74) is 49.0. The van der Waals surface area contributed by atoms with Gasteiger partial charge in [-0.3, -0.25) is 0 Å². The largest absolute Gasteiger partial charge is 0.453 e. The molecule has 0 aliphatic rings. The van der Waals surface area contributed by atoms with Crippen LogP contribution in [0.4, 0.5) is 22.7 Å². The second-order valence-corrected chi connectivity index (χ2v) is 14.2. The average molecular weight is 1260 g/mol. The number of hydrogen-bond donors (Lipinski definition) is 10. The summed E-state index contributed by atoms with van der Waals surface area (Å²) in [5, 5.41) is 15.8. The molecule has 0 atom stereocenters. The Morgan fingerprint density at radius 2 is 0.736 bits per heavy atom. The fourth-order valence-electron chi connectivity index (χ4n) is 3.75. The van der Waals surface area contributed by atoms with Crippen molar-refractivity contribution in [3.8, 4) is 0 Å². The monoisotopic (exact) mass is 1250 g/mol. The van der Waals surface area contributed by atoms with Crippen LogP contribution in [0, 0.1) is 0 Å². The number of nitrogens with one attached hydrogen (secondary N) is 2. The Balaban J connectivity index is -0.000000515. The molecule has 18 N–H and O–H groups in total. The summed E-state index contributed by atoms with van der Waals surface area (Å²) in [6, 6.07) is 27.2.